The van der Waals surface area contributed by atoms with E-state index in [-0.39, 0.29) is 18.2 Å². The van der Waals surface area contributed by atoms with Gasteiger partial charge in [0.15, 0.2) is 11.5 Å². The quantitative estimate of drug-likeness (QED) is 0.787. The number of halogens is 1. The Morgan fingerprint density at radius 2 is 1.96 bits per heavy atom. The topological polar surface area (TPSA) is 73.9 Å². The van der Waals surface area contributed by atoms with Crippen LogP contribution in [0.25, 0.3) is 0 Å². The highest BCUT2D eigenvalue weighted by Crippen LogP contribution is 2.32. The second-order valence-corrected chi connectivity index (χ2v) is 7.66. The number of sulfonamides is 1. The predicted molar refractivity (Wildman–Crippen MR) is 91.9 cm³/mol. The molecule has 0 saturated heterocycles. The summed E-state index contributed by atoms with van der Waals surface area (Å²) in [6, 6.07) is 9.99. The van der Waals surface area contributed by atoms with Crippen LogP contribution in [0.1, 0.15) is 12.5 Å². The normalized spacial score (nSPS) is 13.1. The zero-order chi connectivity index (χ0) is 17.2. The van der Waals surface area contributed by atoms with Crippen LogP contribution < -0.4 is 18.9 Å². The van der Waals surface area contributed by atoms with E-state index in [0.717, 1.165) is 5.56 Å². The Hall–Kier alpha value is -1.77. The average molecular weight is 414 g/mol. The Morgan fingerprint density at radius 3 is 2.75 bits per heavy atom. The molecule has 2 aromatic rings. The Balaban J connectivity index is 1.75. The first-order chi connectivity index (χ1) is 11.5. The van der Waals surface area contributed by atoms with Gasteiger partial charge in [-0.2, -0.15) is 0 Å². The van der Waals surface area contributed by atoms with Crippen molar-refractivity contribution in [1.82, 2.24) is 4.72 Å². The molecule has 1 aliphatic heterocycles. The minimum atomic E-state index is -3.65. The zero-order valence-electron chi connectivity index (χ0n) is 12.9. The summed E-state index contributed by atoms with van der Waals surface area (Å²) in [5, 5.41) is 0. The molecule has 24 heavy (non-hydrogen) atoms. The zero-order valence-corrected chi connectivity index (χ0v) is 15.3. The summed E-state index contributed by atoms with van der Waals surface area (Å²) in [6.07, 6.45) is 0. The number of hydrogen-bond acceptors (Lipinski definition) is 5. The van der Waals surface area contributed by atoms with Gasteiger partial charge < -0.3 is 14.2 Å². The van der Waals surface area contributed by atoms with Gasteiger partial charge in [0.25, 0.3) is 0 Å². The van der Waals surface area contributed by atoms with Gasteiger partial charge in [0, 0.05) is 12.6 Å². The molecule has 0 aliphatic carbocycles. The maximum atomic E-state index is 12.5. The maximum absolute atomic E-state index is 12.5. The maximum Gasteiger partial charge on any atom is 0.241 e. The van der Waals surface area contributed by atoms with Gasteiger partial charge >= 0.3 is 0 Å². The fourth-order valence-electron chi connectivity index (χ4n) is 2.23. The van der Waals surface area contributed by atoms with Crippen LogP contribution >= 0.6 is 15.9 Å². The monoisotopic (exact) mass is 413 g/mol. The summed E-state index contributed by atoms with van der Waals surface area (Å²) >= 11 is 3.34. The van der Waals surface area contributed by atoms with Crippen LogP contribution in [0.4, 0.5) is 0 Å². The molecule has 0 saturated carbocycles. The molecule has 0 bridgehead atoms. The molecular weight excluding hydrogens is 398 g/mol. The van der Waals surface area contributed by atoms with Gasteiger partial charge in [0.05, 0.1) is 16.0 Å². The number of fused-ring (bicyclic) bond motifs is 1. The molecule has 8 heteroatoms. The van der Waals surface area contributed by atoms with Crippen LogP contribution in [0.15, 0.2) is 45.8 Å². The summed E-state index contributed by atoms with van der Waals surface area (Å²) in [4.78, 5) is 0.148. The van der Waals surface area contributed by atoms with E-state index in [1.807, 2.05) is 6.92 Å². The van der Waals surface area contributed by atoms with Gasteiger partial charge in [-0.3, -0.25) is 0 Å². The van der Waals surface area contributed by atoms with Crippen molar-refractivity contribution in [2.45, 2.75) is 18.4 Å². The van der Waals surface area contributed by atoms with Gasteiger partial charge in [-0.1, -0.05) is 6.07 Å². The molecule has 0 amide bonds. The minimum Gasteiger partial charge on any atom is -0.493 e. The van der Waals surface area contributed by atoms with Crippen molar-refractivity contribution in [2.75, 3.05) is 13.4 Å². The molecule has 6 nitrogen and oxygen atoms in total. The van der Waals surface area contributed by atoms with Crippen LogP contribution in [0.5, 0.6) is 17.2 Å². The fraction of sp³-hybridized carbons (Fsp3) is 0.250. The molecule has 0 fully saturated rings. The first-order valence-corrected chi connectivity index (χ1v) is 9.58. The highest BCUT2D eigenvalue weighted by atomic mass is 79.9. The molecule has 1 heterocycles. The van der Waals surface area contributed by atoms with Crippen molar-refractivity contribution < 1.29 is 22.6 Å². The second kappa shape index (κ2) is 7.00. The van der Waals surface area contributed by atoms with E-state index in [2.05, 4.69) is 20.7 Å². The number of hydrogen-bond donors (Lipinski definition) is 1. The Morgan fingerprint density at radius 1 is 1.17 bits per heavy atom. The molecule has 128 valence electrons. The molecule has 1 N–H and O–H groups in total. The lowest BCUT2D eigenvalue weighted by Crippen LogP contribution is -2.23. The van der Waals surface area contributed by atoms with Crippen LogP contribution in [-0.2, 0) is 16.6 Å². The number of nitrogens with one attached hydrogen (secondary N) is 1. The van der Waals surface area contributed by atoms with Gasteiger partial charge in [-0.25, -0.2) is 13.1 Å². The van der Waals surface area contributed by atoms with Crippen molar-refractivity contribution in [3.63, 3.8) is 0 Å². The van der Waals surface area contributed by atoms with Crippen LogP contribution in [0, 0.1) is 0 Å². The lowest BCUT2D eigenvalue weighted by molar-refractivity contribution is 0.174. The first-order valence-electron chi connectivity index (χ1n) is 7.30. The highest BCUT2D eigenvalue weighted by molar-refractivity contribution is 9.10. The second-order valence-electron chi connectivity index (χ2n) is 5.04. The van der Waals surface area contributed by atoms with E-state index < -0.39 is 10.0 Å². The molecule has 3 rings (SSSR count). The van der Waals surface area contributed by atoms with E-state index in [1.165, 1.54) is 12.1 Å². The van der Waals surface area contributed by atoms with Crippen molar-refractivity contribution in [3.8, 4) is 17.2 Å². The van der Waals surface area contributed by atoms with Gasteiger partial charge in [-0.15, -0.1) is 0 Å². The summed E-state index contributed by atoms with van der Waals surface area (Å²) in [7, 11) is -3.65. The van der Waals surface area contributed by atoms with Crippen molar-refractivity contribution in [3.05, 3.63) is 46.4 Å². The van der Waals surface area contributed by atoms with Gasteiger partial charge in [0.1, 0.15) is 5.75 Å². The Kier molecular flexibility index (Phi) is 4.98. The van der Waals surface area contributed by atoms with Crippen molar-refractivity contribution >= 4 is 26.0 Å². The summed E-state index contributed by atoms with van der Waals surface area (Å²) in [6.45, 7) is 2.63. The summed E-state index contributed by atoms with van der Waals surface area (Å²) in [5.41, 5.74) is 0.782. The number of benzene rings is 2. The Bertz CT molecular complexity index is 854. The lowest BCUT2D eigenvalue weighted by Gasteiger charge is -2.10. The van der Waals surface area contributed by atoms with Gasteiger partial charge in [0.2, 0.25) is 16.8 Å². The van der Waals surface area contributed by atoms with E-state index in [9.17, 15) is 8.42 Å². The van der Waals surface area contributed by atoms with Crippen LogP contribution in [-0.4, -0.2) is 21.8 Å². The third-order valence-corrected chi connectivity index (χ3v) is 5.47. The smallest absolute Gasteiger partial charge is 0.241 e. The van der Waals surface area contributed by atoms with Crippen molar-refractivity contribution in [2.24, 2.45) is 0 Å². The molecule has 1 aliphatic rings. The van der Waals surface area contributed by atoms with E-state index in [1.54, 1.807) is 24.3 Å². The summed E-state index contributed by atoms with van der Waals surface area (Å²) < 4.78 is 44.2. The van der Waals surface area contributed by atoms with E-state index in [4.69, 9.17) is 14.2 Å². The Labute approximate surface area is 148 Å². The average Bonchev–Trinajstić information content (AvgIpc) is 3.03. The van der Waals surface area contributed by atoms with Gasteiger partial charge in [-0.05, 0) is 52.7 Å². The molecule has 0 radical (unpaired) electrons. The predicted octanol–water partition coefficient (Wildman–Crippen LogP) is 3.06. The fourth-order valence-corrected chi connectivity index (χ4v) is 3.62. The van der Waals surface area contributed by atoms with E-state index in [0.29, 0.717) is 28.3 Å². The minimum absolute atomic E-state index is 0.148. The van der Waals surface area contributed by atoms with E-state index >= 15 is 0 Å². The summed E-state index contributed by atoms with van der Waals surface area (Å²) in [5.74, 6) is 1.77. The number of ether oxygens (including phenoxy) is 3. The third-order valence-electron chi connectivity index (χ3n) is 3.42. The molecular formula is C16H16BrNO5S. The SMILES string of the molecule is CCOc1cc(S(=O)(=O)NCc2ccc3c(c2)OCO3)ccc1Br. The first kappa shape index (κ1) is 17.1. The third kappa shape index (κ3) is 3.66. The van der Waals surface area contributed by atoms with Crippen molar-refractivity contribution in [1.29, 1.82) is 0 Å². The molecule has 0 aromatic heterocycles. The number of rotatable bonds is 6. The van der Waals surface area contributed by atoms with Crippen LogP contribution in [0.2, 0.25) is 0 Å². The molecule has 0 unspecified atom stereocenters. The largest absolute Gasteiger partial charge is 0.493 e. The standard InChI is InChI=1S/C16H16BrNO5S/c1-2-21-15-8-12(4-5-13(15)17)24(19,20)18-9-11-3-6-14-16(7-11)23-10-22-14/h3-8,18H,2,9-10H2,1H3. The lowest BCUT2D eigenvalue weighted by atomic mass is 10.2. The molecule has 2 aromatic carbocycles. The molecule has 0 spiro atoms. The molecule has 0 atom stereocenters. The highest BCUT2D eigenvalue weighted by Gasteiger charge is 2.18. The van der Waals surface area contributed by atoms with Crippen LogP contribution in [0.3, 0.4) is 0 Å².